The highest BCUT2D eigenvalue weighted by molar-refractivity contribution is 5.90. The Labute approximate surface area is 180 Å². The third-order valence-corrected chi connectivity index (χ3v) is 4.21. The van der Waals surface area contributed by atoms with Crippen molar-refractivity contribution in [2.24, 2.45) is 0 Å². The van der Waals surface area contributed by atoms with E-state index >= 15 is 0 Å². The number of carbonyl (C=O) groups excluding carboxylic acids is 3. The monoisotopic (exact) mass is 419 g/mol. The maximum Gasteiger partial charge on any atom is 0.408 e. The van der Waals surface area contributed by atoms with Crippen LogP contribution in [0.1, 0.15) is 72.6 Å². The summed E-state index contributed by atoms with van der Waals surface area (Å²) in [6.07, 6.45) is 0.213. The SMILES string of the molecule is CCc1ccc(C(C(=O)NC(C)(C)C)N(CC)C(=O)CNC(=O)OC(C)(C)C)cc1. The lowest BCUT2D eigenvalue weighted by Gasteiger charge is -2.33. The number of hydrogen-bond donors (Lipinski definition) is 2. The van der Waals surface area contributed by atoms with Crippen LogP contribution in [0.15, 0.2) is 24.3 Å². The first-order valence-electron chi connectivity index (χ1n) is 10.4. The van der Waals surface area contributed by atoms with Crippen molar-refractivity contribution in [3.63, 3.8) is 0 Å². The zero-order valence-electron chi connectivity index (χ0n) is 19.6. The van der Waals surface area contributed by atoms with Crippen LogP contribution in [0.2, 0.25) is 0 Å². The van der Waals surface area contributed by atoms with Crippen molar-refractivity contribution in [3.8, 4) is 0 Å². The average molecular weight is 420 g/mol. The second kappa shape index (κ2) is 10.5. The summed E-state index contributed by atoms with van der Waals surface area (Å²) in [7, 11) is 0. The highest BCUT2D eigenvalue weighted by atomic mass is 16.6. The number of hydrogen-bond acceptors (Lipinski definition) is 4. The second-order valence-electron chi connectivity index (χ2n) is 9.27. The summed E-state index contributed by atoms with van der Waals surface area (Å²) in [6, 6.07) is 6.88. The lowest BCUT2D eigenvalue weighted by molar-refractivity contribution is -0.140. The molecule has 7 heteroatoms. The predicted octanol–water partition coefficient (Wildman–Crippen LogP) is 3.58. The van der Waals surface area contributed by atoms with Gasteiger partial charge in [0.25, 0.3) is 0 Å². The van der Waals surface area contributed by atoms with Crippen molar-refractivity contribution >= 4 is 17.9 Å². The average Bonchev–Trinajstić information content (AvgIpc) is 2.61. The fourth-order valence-electron chi connectivity index (χ4n) is 2.91. The van der Waals surface area contributed by atoms with Crippen LogP contribution in [0.25, 0.3) is 0 Å². The maximum atomic E-state index is 13.1. The fourth-order valence-corrected chi connectivity index (χ4v) is 2.91. The predicted molar refractivity (Wildman–Crippen MR) is 118 cm³/mol. The molecular formula is C23H37N3O4. The lowest BCUT2D eigenvalue weighted by atomic mass is 9.99. The summed E-state index contributed by atoms with van der Waals surface area (Å²) < 4.78 is 5.19. The van der Waals surface area contributed by atoms with Crippen LogP contribution >= 0.6 is 0 Å². The summed E-state index contributed by atoms with van der Waals surface area (Å²) in [6.45, 7) is 14.9. The van der Waals surface area contributed by atoms with E-state index in [1.54, 1.807) is 20.8 Å². The summed E-state index contributed by atoms with van der Waals surface area (Å²) in [5, 5.41) is 5.45. The van der Waals surface area contributed by atoms with Gasteiger partial charge in [-0.1, -0.05) is 31.2 Å². The van der Waals surface area contributed by atoms with Crippen molar-refractivity contribution in [1.29, 1.82) is 0 Å². The molecule has 2 N–H and O–H groups in total. The van der Waals surface area contributed by atoms with Gasteiger partial charge in [-0.05, 0) is 66.0 Å². The van der Waals surface area contributed by atoms with Gasteiger partial charge in [-0.25, -0.2) is 4.79 Å². The van der Waals surface area contributed by atoms with Crippen LogP contribution in [0, 0.1) is 0 Å². The molecule has 0 aliphatic carbocycles. The van der Waals surface area contributed by atoms with E-state index in [2.05, 4.69) is 17.6 Å². The Hall–Kier alpha value is -2.57. The first-order chi connectivity index (χ1) is 13.8. The Morgan fingerprint density at radius 1 is 1.00 bits per heavy atom. The first-order valence-corrected chi connectivity index (χ1v) is 10.4. The molecule has 0 fully saturated rings. The van der Waals surface area contributed by atoms with Gasteiger partial charge in [0.05, 0.1) is 0 Å². The minimum absolute atomic E-state index is 0.255. The third-order valence-electron chi connectivity index (χ3n) is 4.21. The molecule has 0 heterocycles. The number of amides is 3. The van der Waals surface area contributed by atoms with E-state index in [1.165, 1.54) is 4.90 Å². The van der Waals surface area contributed by atoms with Crippen LogP contribution < -0.4 is 10.6 Å². The Balaban J connectivity index is 3.10. The van der Waals surface area contributed by atoms with Crippen molar-refractivity contribution in [3.05, 3.63) is 35.4 Å². The number of likely N-dealkylation sites (N-methyl/N-ethyl adjacent to an activating group) is 1. The molecule has 3 amide bonds. The molecule has 1 atom stereocenters. The summed E-state index contributed by atoms with van der Waals surface area (Å²) >= 11 is 0. The Bertz CT molecular complexity index is 730. The lowest BCUT2D eigenvalue weighted by Crippen LogP contribution is -2.51. The molecule has 0 radical (unpaired) electrons. The van der Waals surface area contributed by atoms with Gasteiger partial charge in [0.15, 0.2) is 0 Å². The molecule has 1 aromatic rings. The summed E-state index contributed by atoms with van der Waals surface area (Å²) in [5.41, 5.74) is 0.764. The first kappa shape index (κ1) is 25.5. The molecule has 0 spiro atoms. The van der Waals surface area contributed by atoms with Crippen LogP contribution in [0.3, 0.4) is 0 Å². The zero-order chi connectivity index (χ0) is 23.1. The quantitative estimate of drug-likeness (QED) is 0.707. The largest absolute Gasteiger partial charge is 0.444 e. The minimum Gasteiger partial charge on any atom is -0.444 e. The van der Waals surface area contributed by atoms with Gasteiger partial charge in [0.2, 0.25) is 11.8 Å². The number of alkyl carbamates (subject to hydrolysis) is 1. The van der Waals surface area contributed by atoms with Gasteiger partial charge in [-0.15, -0.1) is 0 Å². The minimum atomic E-state index is -0.798. The van der Waals surface area contributed by atoms with E-state index in [4.69, 9.17) is 4.74 Å². The number of nitrogens with one attached hydrogen (secondary N) is 2. The topological polar surface area (TPSA) is 87.7 Å². The Morgan fingerprint density at radius 2 is 1.57 bits per heavy atom. The molecule has 0 aliphatic rings. The maximum absolute atomic E-state index is 13.1. The van der Waals surface area contributed by atoms with Crippen molar-refractivity contribution in [2.45, 2.75) is 79.0 Å². The third kappa shape index (κ3) is 8.43. The molecule has 1 unspecified atom stereocenters. The van der Waals surface area contributed by atoms with Crippen molar-refractivity contribution < 1.29 is 19.1 Å². The van der Waals surface area contributed by atoms with E-state index in [-0.39, 0.29) is 18.4 Å². The van der Waals surface area contributed by atoms with Crippen molar-refractivity contribution in [2.75, 3.05) is 13.1 Å². The van der Waals surface area contributed by atoms with Crippen LogP contribution in [-0.2, 0) is 20.7 Å². The highest BCUT2D eigenvalue weighted by Crippen LogP contribution is 2.23. The summed E-state index contributed by atoms with van der Waals surface area (Å²) in [5.74, 6) is -0.629. The molecular weight excluding hydrogens is 382 g/mol. The van der Waals surface area contributed by atoms with E-state index in [9.17, 15) is 14.4 Å². The zero-order valence-corrected chi connectivity index (χ0v) is 19.6. The van der Waals surface area contributed by atoms with Gasteiger partial charge in [0, 0.05) is 12.1 Å². The van der Waals surface area contributed by atoms with E-state index < -0.39 is 23.3 Å². The van der Waals surface area contributed by atoms with Gasteiger partial charge >= 0.3 is 6.09 Å². The molecule has 168 valence electrons. The van der Waals surface area contributed by atoms with Gasteiger partial charge < -0.3 is 20.3 Å². The Kier molecular flexibility index (Phi) is 8.88. The molecule has 30 heavy (non-hydrogen) atoms. The van der Waals surface area contributed by atoms with E-state index in [0.717, 1.165) is 17.5 Å². The normalized spacial score (nSPS) is 12.7. The number of ether oxygens (including phenoxy) is 1. The molecule has 7 nitrogen and oxygen atoms in total. The number of rotatable bonds is 7. The Morgan fingerprint density at radius 3 is 2.00 bits per heavy atom. The van der Waals surface area contributed by atoms with Gasteiger partial charge in [-0.2, -0.15) is 0 Å². The standard InChI is InChI=1S/C23H37N3O4/c1-9-16-11-13-17(14-12-16)19(20(28)25-22(3,4)5)26(10-2)18(27)15-24-21(29)30-23(6,7)8/h11-14,19H,9-10,15H2,1-8H3,(H,24,29)(H,25,28). The number of benzene rings is 1. The highest BCUT2D eigenvalue weighted by Gasteiger charge is 2.32. The van der Waals surface area contributed by atoms with Crippen LogP contribution in [0.5, 0.6) is 0 Å². The van der Waals surface area contributed by atoms with Crippen LogP contribution in [-0.4, -0.2) is 47.0 Å². The molecule has 0 bridgehead atoms. The molecule has 0 saturated carbocycles. The van der Waals surface area contributed by atoms with Crippen molar-refractivity contribution in [1.82, 2.24) is 15.5 Å². The number of aryl methyl sites for hydroxylation is 1. The smallest absolute Gasteiger partial charge is 0.408 e. The molecule has 0 aromatic heterocycles. The van der Waals surface area contributed by atoms with Gasteiger partial charge in [-0.3, -0.25) is 9.59 Å². The van der Waals surface area contributed by atoms with Crippen LogP contribution in [0.4, 0.5) is 4.79 Å². The molecule has 0 saturated heterocycles. The summed E-state index contributed by atoms with van der Waals surface area (Å²) in [4.78, 5) is 39.4. The van der Waals surface area contributed by atoms with E-state index in [0.29, 0.717) is 6.54 Å². The molecule has 0 aliphatic heterocycles. The number of nitrogens with zero attached hydrogens (tertiary/aromatic N) is 1. The molecule has 1 rings (SSSR count). The van der Waals surface area contributed by atoms with E-state index in [1.807, 2.05) is 52.0 Å². The fraction of sp³-hybridized carbons (Fsp3) is 0.609. The second-order valence-corrected chi connectivity index (χ2v) is 9.27. The number of carbonyl (C=O) groups is 3. The molecule has 1 aromatic carbocycles. The van der Waals surface area contributed by atoms with Gasteiger partial charge in [0.1, 0.15) is 18.2 Å².